The average molecular weight is 309 g/mol. The fourth-order valence-electron chi connectivity index (χ4n) is 2.12. The molecule has 0 atom stereocenters. The molecule has 0 N–H and O–H groups in total. The van der Waals surface area contributed by atoms with Gasteiger partial charge in [0.1, 0.15) is 11.4 Å². The lowest BCUT2D eigenvalue weighted by atomic mass is 9.85. The number of halogens is 3. The van der Waals surface area contributed by atoms with Gasteiger partial charge in [0.2, 0.25) is 0 Å². The number of rotatable bonds is 2. The van der Waals surface area contributed by atoms with Crippen molar-refractivity contribution < 1.29 is 17.9 Å². The second-order valence-corrected chi connectivity index (χ2v) is 6.07. The average Bonchev–Trinajstić information content (AvgIpc) is 2.45. The Hall–Kier alpha value is -2.04. The molecule has 0 saturated heterocycles. The summed E-state index contributed by atoms with van der Waals surface area (Å²) in [5.74, 6) is 0.500. The lowest BCUT2D eigenvalue weighted by molar-refractivity contribution is -0.141. The second-order valence-electron chi connectivity index (χ2n) is 6.07. The van der Waals surface area contributed by atoms with E-state index in [1.165, 1.54) is 13.2 Å². The number of hydrogen-bond donors (Lipinski definition) is 0. The summed E-state index contributed by atoms with van der Waals surface area (Å²) >= 11 is 0. The van der Waals surface area contributed by atoms with Gasteiger partial charge in [-0.2, -0.15) is 13.2 Å². The lowest BCUT2D eigenvalue weighted by Crippen LogP contribution is -2.11. The summed E-state index contributed by atoms with van der Waals surface area (Å²) in [6, 6.07) is 9.38. The van der Waals surface area contributed by atoms with E-state index in [9.17, 15) is 13.2 Å². The minimum Gasteiger partial charge on any atom is -0.496 e. The van der Waals surface area contributed by atoms with Crippen molar-refractivity contribution >= 4 is 0 Å². The van der Waals surface area contributed by atoms with Crippen LogP contribution >= 0.6 is 0 Å². The van der Waals surface area contributed by atoms with Crippen LogP contribution < -0.4 is 4.74 Å². The van der Waals surface area contributed by atoms with Gasteiger partial charge in [0.25, 0.3) is 0 Å². The minimum absolute atomic E-state index is 0.122. The van der Waals surface area contributed by atoms with Gasteiger partial charge in [-0.3, -0.25) is 0 Å². The highest BCUT2D eigenvalue weighted by Crippen LogP contribution is 2.35. The molecular weight excluding hydrogens is 291 g/mol. The van der Waals surface area contributed by atoms with Crippen molar-refractivity contribution in [3.05, 3.63) is 47.7 Å². The minimum atomic E-state index is -4.47. The van der Waals surface area contributed by atoms with E-state index in [4.69, 9.17) is 4.74 Å². The van der Waals surface area contributed by atoms with Crippen LogP contribution in [0.2, 0.25) is 0 Å². The van der Waals surface area contributed by atoms with Gasteiger partial charge in [0, 0.05) is 5.56 Å². The maximum absolute atomic E-state index is 12.8. The number of methoxy groups -OCH3 is 1. The first-order chi connectivity index (χ1) is 10.1. The van der Waals surface area contributed by atoms with Gasteiger partial charge >= 0.3 is 6.18 Å². The first kappa shape index (κ1) is 16.3. The summed E-state index contributed by atoms with van der Waals surface area (Å²) < 4.78 is 43.8. The van der Waals surface area contributed by atoms with Gasteiger partial charge in [0.05, 0.1) is 12.8 Å². The summed E-state index contributed by atoms with van der Waals surface area (Å²) in [4.78, 5) is 3.74. The second kappa shape index (κ2) is 5.63. The summed E-state index contributed by atoms with van der Waals surface area (Å²) in [5, 5.41) is 0. The molecule has 5 heteroatoms. The molecule has 0 radical (unpaired) electrons. The Balaban J connectivity index is 2.60. The van der Waals surface area contributed by atoms with Crippen LogP contribution in [0, 0.1) is 0 Å². The summed E-state index contributed by atoms with van der Waals surface area (Å²) in [6.45, 7) is 6.12. The summed E-state index contributed by atoms with van der Waals surface area (Å²) in [6.07, 6.45) is -4.47. The van der Waals surface area contributed by atoms with Gasteiger partial charge < -0.3 is 4.74 Å². The molecule has 0 saturated carbocycles. The van der Waals surface area contributed by atoms with Crippen LogP contribution in [0.25, 0.3) is 11.3 Å². The van der Waals surface area contributed by atoms with Crippen molar-refractivity contribution in [1.82, 2.24) is 4.98 Å². The van der Waals surface area contributed by atoms with E-state index in [2.05, 4.69) is 4.98 Å². The highest BCUT2D eigenvalue weighted by Gasteiger charge is 2.32. The maximum Gasteiger partial charge on any atom is 0.433 e. The van der Waals surface area contributed by atoms with E-state index in [1.807, 2.05) is 32.9 Å². The fourth-order valence-corrected chi connectivity index (χ4v) is 2.12. The molecule has 2 rings (SSSR count). The number of alkyl halides is 3. The molecule has 2 nitrogen and oxygen atoms in total. The largest absolute Gasteiger partial charge is 0.496 e. The topological polar surface area (TPSA) is 22.1 Å². The smallest absolute Gasteiger partial charge is 0.433 e. The van der Waals surface area contributed by atoms with Crippen LogP contribution in [-0.2, 0) is 11.6 Å². The van der Waals surface area contributed by atoms with E-state index in [-0.39, 0.29) is 11.1 Å². The predicted molar refractivity (Wildman–Crippen MR) is 79.9 cm³/mol. The van der Waals surface area contributed by atoms with Gasteiger partial charge in [-0.05, 0) is 35.2 Å². The molecule has 0 aliphatic rings. The molecule has 1 aromatic heterocycles. The van der Waals surface area contributed by atoms with Crippen molar-refractivity contribution in [3.8, 4) is 17.0 Å². The van der Waals surface area contributed by atoms with E-state index in [0.29, 0.717) is 11.3 Å². The van der Waals surface area contributed by atoms with Crippen molar-refractivity contribution in [2.24, 2.45) is 0 Å². The third-order valence-electron chi connectivity index (χ3n) is 3.38. The van der Waals surface area contributed by atoms with Crippen LogP contribution in [-0.4, -0.2) is 12.1 Å². The molecule has 0 aliphatic heterocycles. The maximum atomic E-state index is 12.8. The van der Waals surface area contributed by atoms with Crippen molar-refractivity contribution in [1.29, 1.82) is 0 Å². The zero-order valence-corrected chi connectivity index (χ0v) is 13.0. The van der Waals surface area contributed by atoms with Gasteiger partial charge in [0.15, 0.2) is 0 Å². The molecule has 0 bridgehead atoms. The number of aromatic nitrogens is 1. The van der Waals surface area contributed by atoms with Gasteiger partial charge in [-0.1, -0.05) is 32.9 Å². The number of ether oxygens (including phenoxy) is 1. The standard InChI is InChI=1S/C17H18F3NO/c1-16(2,3)11-8-9-14(22-4)12(10-11)13-6-5-7-15(21-13)17(18,19)20/h5-10H,1-4H3. The molecule has 1 heterocycles. The highest BCUT2D eigenvalue weighted by molar-refractivity contribution is 5.68. The third kappa shape index (κ3) is 3.40. The number of pyridine rings is 1. The van der Waals surface area contributed by atoms with Gasteiger partial charge in [-0.25, -0.2) is 4.98 Å². The molecule has 0 aliphatic carbocycles. The first-order valence-corrected chi connectivity index (χ1v) is 6.86. The molecular formula is C17H18F3NO. The van der Waals surface area contributed by atoms with E-state index < -0.39 is 11.9 Å². The quantitative estimate of drug-likeness (QED) is 0.772. The zero-order chi connectivity index (χ0) is 16.5. The molecule has 0 unspecified atom stereocenters. The summed E-state index contributed by atoms with van der Waals surface area (Å²) in [5.41, 5.74) is 0.775. The Morgan fingerprint density at radius 2 is 1.68 bits per heavy atom. The Labute approximate surface area is 128 Å². The fraction of sp³-hybridized carbons (Fsp3) is 0.353. The molecule has 0 spiro atoms. The molecule has 118 valence electrons. The summed E-state index contributed by atoms with van der Waals surface area (Å²) in [7, 11) is 1.49. The number of benzene rings is 1. The highest BCUT2D eigenvalue weighted by atomic mass is 19.4. The van der Waals surface area contributed by atoms with Crippen molar-refractivity contribution in [2.45, 2.75) is 32.4 Å². The normalized spacial score (nSPS) is 12.3. The molecule has 22 heavy (non-hydrogen) atoms. The Kier molecular flexibility index (Phi) is 4.18. The zero-order valence-electron chi connectivity index (χ0n) is 13.0. The van der Waals surface area contributed by atoms with E-state index in [1.54, 1.807) is 12.1 Å². The predicted octanol–water partition coefficient (Wildman–Crippen LogP) is 5.07. The number of nitrogens with zero attached hydrogens (tertiary/aromatic N) is 1. The van der Waals surface area contributed by atoms with Crippen LogP contribution in [0.15, 0.2) is 36.4 Å². The Morgan fingerprint density at radius 1 is 1.00 bits per heavy atom. The number of hydrogen-bond acceptors (Lipinski definition) is 2. The van der Waals surface area contributed by atoms with Gasteiger partial charge in [-0.15, -0.1) is 0 Å². The molecule has 1 aromatic carbocycles. The first-order valence-electron chi connectivity index (χ1n) is 6.86. The third-order valence-corrected chi connectivity index (χ3v) is 3.38. The monoisotopic (exact) mass is 309 g/mol. The van der Waals surface area contributed by atoms with Crippen LogP contribution in [0.1, 0.15) is 32.0 Å². The lowest BCUT2D eigenvalue weighted by Gasteiger charge is -2.21. The van der Waals surface area contributed by atoms with Crippen LogP contribution in [0.5, 0.6) is 5.75 Å². The van der Waals surface area contributed by atoms with E-state index >= 15 is 0 Å². The molecule has 2 aromatic rings. The van der Waals surface area contributed by atoms with Crippen LogP contribution in [0.4, 0.5) is 13.2 Å². The van der Waals surface area contributed by atoms with Crippen molar-refractivity contribution in [3.63, 3.8) is 0 Å². The van der Waals surface area contributed by atoms with E-state index in [0.717, 1.165) is 11.6 Å². The SMILES string of the molecule is COc1ccc(C(C)(C)C)cc1-c1cccc(C(F)(F)F)n1. The Morgan fingerprint density at radius 3 is 2.23 bits per heavy atom. The molecule has 0 fully saturated rings. The molecule has 0 amide bonds. The van der Waals surface area contributed by atoms with Crippen LogP contribution in [0.3, 0.4) is 0 Å². The Bertz CT molecular complexity index is 672. The van der Waals surface area contributed by atoms with Crippen molar-refractivity contribution in [2.75, 3.05) is 7.11 Å².